The molecule has 2 aliphatic rings. The number of aromatic nitrogens is 3. The lowest BCUT2D eigenvalue weighted by molar-refractivity contribution is 0.0576. The van der Waals surface area contributed by atoms with Crippen LogP contribution in [0.1, 0.15) is 43.5 Å². The Morgan fingerprint density at radius 3 is 2.93 bits per heavy atom. The second-order valence-electron chi connectivity index (χ2n) is 4.40. The zero-order chi connectivity index (χ0) is 10.3. The largest absolute Gasteiger partial charge is 0.379 e. The first-order valence-electron chi connectivity index (χ1n) is 5.61. The number of nitrogens with zero attached hydrogens (tertiary/aromatic N) is 2. The van der Waals surface area contributed by atoms with Gasteiger partial charge in [0.2, 0.25) is 0 Å². The Hall–Kier alpha value is -0.680. The van der Waals surface area contributed by atoms with Crippen LogP contribution >= 0.6 is 12.2 Å². The van der Waals surface area contributed by atoms with Crippen LogP contribution in [0, 0.1) is 4.77 Å². The number of rotatable bonds is 2. The summed E-state index contributed by atoms with van der Waals surface area (Å²) in [4.78, 5) is 0. The van der Waals surface area contributed by atoms with Gasteiger partial charge in [0.05, 0.1) is 12.6 Å². The number of hydrogen-bond acceptors (Lipinski definition) is 3. The predicted molar refractivity (Wildman–Crippen MR) is 58.5 cm³/mol. The molecule has 1 saturated carbocycles. The lowest BCUT2D eigenvalue weighted by Gasteiger charge is -2.24. The monoisotopic (exact) mass is 225 g/mol. The van der Waals surface area contributed by atoms with E-state index in [1.54, 1.807) is 0 Å². The molecule has 1 aromatic heterocycles. The summed E-state index contributed by atoms with van der Waals surface area (Å²) in [5, 5.41) is 7.26. The maximum absolute atomic E-state index is 5.51. The third-order valence-corrected chi connectivity index (χ3v) is 3.46. The van der Waals surface area contributed by atoms with E-state index < -0.39 is 0 Å². The molecule has 1 aliphatic carbocycles. The molecule has 0 bridgehead atoms. The minimum atomic E-state index is 0.403. The molecular weight excluding hydrogens is 210 g/mol. The van der Waals surface area contributed by atoms with Gasteiger partial charge in [-0.25, -0.2) is 0 Å². The van der Waals surface area contributed by atoms with Crippen molar-refractivity contribution in [1.82, 2.24) is 14.8 Å². The molecule has 4 nitrogen and oxygen atoms in total. The van der Waals surface area contributed by atoms with Gasteiger partial charge >= 0.3 is 0 Å². The number of H-pyrrole nitrogens is 1. The van der Waals surface area contributed by atoms with Crippen molar-refractivity contribution in [3.63, 3.8) is 0 Å². The topological polar surface area (TPSA) is 42.8 Å². The van der Waals surface area contributed by atoms with Gasteiger partial charge in [-0.1, -0.05) is 0 Å². The van der Waals surface area contributed by atoms with Gasteiger partial charge in [0.25, 0.3) is 0 Å². The molecule has 1 saturated heterocycles. The molecule has 15 heavy (non-hydrogen) atoms. The summed E-state index contributed by atoms with van der Waals surface area (Å²) in [6, 6.07) is 0.403. The van der Waals surface area contributed by atoms with Crippen LogP contribution in [0.5, 0.6) is 0 Å². The van der Waals surface area contributed by atoms with Crippen molar-refractivity contribution in [3.05, 3.63) is 10.6 Å². The van der Waals surface area contributed by atoms with E-state index in [9.17, 15) is 0 Å². The lowest BCUT2D eigenvalue weighted by Crippen LogP contribution is -2.22. The standard InChI is InChI=1S/C10H15N3OS/c15-10-12-11-9(7-3-4-7)13(10)8-2-1-5-14-6-8/h7-8H,1-6H2,(H,12,15). The Kier molecular flexibility index (Phi) is 2.36. The van der Waals surface area contributed by atoms with Gasteiger partial charge in [0.1, 0.15) is 5.82 Å². The van der Waals surface area contributed by atoms with Crippen molar-refractivity contribution < 1.29 is 4.74 Å². The molecule has 82 valence electrons. The van der Waals surface area contributed by atoms with Crippen LogP contribution in [0.15, 0.2) is 0 Å². The van der Waals surface area contributed by atoms with Crippen LogP contribution in [-0.4, -0.2) is 28.0 Å². The Bertz CT molecular complexity index is 401. The quantitative estimate of drug-likeness (QED) is 0.784. The normalized spacial score (nSPS) is 26.8. The van der Waals surface area contributed by atoms with E-state index in [0.29, 0.717) is 12.0 Å². The van der Waals surface area contributed by atoms with E-state index in [1.165, 1.54) is 12.8 Å². The van der Waals surface area contributed by atoms with Gasteiger partial charge < -0.3 is 4.74 Å². The van der Waals surface area contributed by atoms with E-state index in [-0.39, 0.29) is 0 Å². The van der Waals surface area contributed by atoms with Gasteiger partial charge in [0, 0.05) is 12.5 Å². The molecular formula is C10H15N3OS. The average Bonchev–Trinajstić information content (AvgIpc) is 3.04. The van der Waals surface area contributed by atoms with Crippen molar-refractivity contribution in [1.29, 1.82) is 0 Å². The van der Waals surface area contributed by atoms with Crippen LogP contribution < -0.4 is 0 Å². The Balaban J connectivity index is 1.93. The summed E-state index contributed by atoms with van der Waals surface area (Å²) in [6.45, 7) is 1.67. The van der Waals surface area contributed by atoms with Gasteiger partial charge in [-0.3, -0.25) is 9.67 Å². The van der Waals surface area contributed by atoms with Crippen LogP contribution in [0.3, 0.4) is 0 Å². The second-order valence-corrected chi connectivity index (χ2v) is 4.79. The highest BCUT2D eigenvalue weighted by Gasteiger charge is 2.31. The molecule has 1 atom stereocenters. The van der Waals surface area contributed by atoms with Crippen LogP contribution in [0.2, 0.25) is 0 Å². The van der Waals surface area contributed by atoms with E-state index in [1.807, 2.05) is 0 Å². The van der Waals surface area contributed by atoms with E-state index >= 15 is 0 Å². The van der Waals surface area contributed by atoms with Crippen molar-refractivity contribution >= 4 is 12.2 Å². The molecule has 2 fully saturated rings. The van der Waals surface area contributed by atoms with Crippen LogP contribution in [0.25, 0.3) is 0 Å². The fourth-order valence-electron chi connectivity index (χ4n) is 2.23. The Morgan fingerprint density at radius 1 is 1.40 bits per heavy atom. The summed E-state index contributed by atoms with van der Waals surface area (Å²) < 4.78 is 8.45. The fraction of sp³-hybridized carbons (Fsp3) is 0.800. The fourth-order valence-corrected chi connectivity index (χ4v) is 2.51. The van der Waals surface area contributed by atoms with Gasteiger partial charge in [-0.15, -0.1) is 0 Å². The molecule has 0 spiro atoms. The number of aromatic amines is 1. The zero-order valence-electron chi connectivity index (χ0n) is 8.61. The lowest BCUT2D eigenvalue weighted by atomic mass is 10.1. The summed E-state index contributed by atoms with van der Waals surface area (Å²) in [7, 11) is 0. The highest BCUT2D eigenvalue weighted by Crippen LogP contribution is 2.40. The number of hydrogen-bond donors (Lipinski definition) is 1. The molecule has 1 N–H and O–H groups in total. The van der Waals surface area contributed by atoms with E-state index in [4.69, 9.17) is 17.0 Å². The molecule has 0 radical (unpaired) electrons. The minimum absolute atomic E-state index is 0.403. The predicted octanol–water partition coefficient (Wildman–Crippen LogP) is 2.17. The molecule has 1 aromatic rings. The SMILES string of the molecule is S=c1[nH]nc(C2CC2)n1C1CCCOC1. The third kappa shape index (κ3) is 1.74. The summed E-state index contributed by atoms with van der Waals surface area (Å²) >= 11 is 5.29. The van der Waals surface area contributed by atoms with Crippen LogP contribution in [-0.2, 0) is 4.74 Å². The highest BCUT2D eigenvalue weighted by molar-refractivity contribution is 7.71. The first kappa shape index (κ1) is 9.54. The average molecular weight is 225 g/mol. The van der Waals surface area contributed by atoms with Crippen molar-refractivity contribution in [2.45, 2.75) is 37.6 Å². The molecule has 2 heterocycles. The highest BCUT2D eigenvalue weighted by atomic mass is 32.1. The van der Waals surface area contributed by atoms with Gasteiger partial charge in [-0.05, 0) is 37.9 Å². The van der Waals surface area contributed by atoms with Crippen molar-refractivity contribution in [3.8, 4) is 0 Å². The maximum atomic E-state index is 5.51. The molecule has 5 heteroatoms. The number of ether oxygens (including phenoxy) is 1. The minimum Gasteiger partial charge on any atom is -0.379 e. The third-order valence-electron chi connectivity index (χ3n) is 3.18. The van der Waals surface area contributed by atoms with E-state index in [0.717, 1.165) is 36.7 Å². The maximum Gasteiger partial charge on any atom is 0.195 e. The smallest absolute Gasteiger partial charge is 0.195 e. The molecule has 0 aromatic carbocycles. The first-order valence-corrected chi connectivity index (χ1v) is 6.01. The van der Waals surface area contributed by atoms with Crippen molar-refractivity contribution in [2.75, 3.05) is 13.2 Å². The Labute approximate surface area is 93.6 Å². The molecule has 1 unspecified atom stereocenters. The van der Waals surface area contributed by atoms with E-state index in [2.05, 4.69) is 14.8 Å². The summed E-state index contributed by atoms with van der Waals surface area (Å²) in [5.74, 6) is 1.79. The molecule has 1 aliphatic heterocycles. The summed E-state index contributed by atoms with van der Waals surface area (Å²) in [5.41, 5.74) is 0. The van der Waals surface area contributed by atoms with Crippen LogP contribution in [0.4, 0.5) is 0 Å². The van der Waals surface area contributed by atoms with Gasteiger partial charge in [0.15, 0.2) is 4.77 Å². The zero-order valence-corrected chi connectivity index (χ0v) is 9.42. The summed E-state index contributed by atoms with van der Waals surface area (Å²) in [6.07, 6.45) is 4.80. The first-order chi connectivity index (χ1) is 7.36. The Morgan fingerprint density at radius 2 is 2.27 bits per heavy atom. The molecule has 0 amide bonds. The number of nitrogens with one attached hydrogen (secondary N) is 1. The molecule has 3 rings (SSSR count). The second kappa shape index (κ2) is 3.72. The van der Waals surface area contributed by atoms with Crippen molar-refractivity contribution in [2.24, 2.45) is 0 Å². The van der Waals surface area contributed by atoms with Gasteiger partial charge in [-0.2, -0.15) is 5.10 Å².